The van der Waals surface area contributed by atoms with E-state index in [9.17, 15) is 14.9 Å². The van der Waals surface area contributed by atoms with Crippen LogP contribution in [0.3, 0.4) is 0 Å². The summed E-state index contributed by atoms with van der Waals surface area (Å²) in [4.78, 5) is 29.5. The summed E-state index contributed by atoms with van der Waals surface area (Å²) >= 11 is 0. The molecule has 20 heavy (non-hydrogen) atoms. The van der Waals surface area contributed by atoms with E-state index in [4.69, 9.17) is 0 Å². The van der Waals surface area contributed by atoms with Gasteiger partial charge in [0.15, 0.2) is 0 Å². The van der Waals surface area contributed by atoms with Crippen molar-refractivity contribution >= 4 is 16.7 Å². The predicted molar refractivity (Wildman–Crippen MR) is 73.4 cm³/mol. The fourth-order valence-corrected chi connectivity index (χ4v) is 2.01. The monoisotopic (exact) mass is 270 g/mol. The summed E-state index contributed by atoms with van der Waals surface area (Å²) in [6.45, 7) is 0. The lowest BCUT2D eigenvalue weighted by Crippen LogP contribution is -2.17. The van der Waals surface area contributed by atoms with E-state index in [0.717, 1.165) is 0 Å². The van der Waals surface area contributed by atoms with Crippen LogP contribution in [0.5, 0.6) is 0 Å². The number of non-ortho nitro benzene ring substituents is 1. The average Bonchev–Trinajstić information content (AvgIpc) is 2.84. The molecule has 0 aliphatic carbocycles. The third-order valence-electron chi connectivity index (χ3n) is 3.06. The quantitative estimate of drug-likeness (QED) is 0.567. The van der Waals surface area contributed by atoms with Crippen molar-refractivity contribution in [3.63, 3.8) is 0 Å². The van der Waals surface area contributed by atoms with Crippen LogP contribution in [0.4, 0.5) is 5.69 Å². The maximum absolute atomic E-state index is 12.0. The molecule has 0 bridgehead atoms. The van der Waals surface area contributed by atoms with Gasteiger partial charge in [-0.2, -0.15) is 0 Å². The van der Waals surface area contributed by atoms with Crippen molar-refractivity contribution in [2.45, 2.75) is 0 Å². The number of rotatable bonds is 2. The number of pyridine rings is 1. The number of nitro benzene ring substituents is 1. The first-order valence-electron chi connectivity index (χ1n) is 5.86. The van der Waals surface area contributed by atoms with Gasteiger partial charge in [0.2, 0.25) is 0 Å². The third-order valence-corrected chi connectivity index (χ3v) is 3.06. The molecule has 0 spiro atoms. The molecule has 0 saturated carbocycles. The number of nitrogens with zero attached hydrogens (tertiary/aromatic N) is 3. The molecule has 100 valence electrons. The minimum atomic E-state index is -0.477. The largest absolute Gasteiger partial charge is 0.338 e. The molecule has 0 amide bonds. The van der Waals surface area contributed by atoms with Crippen molar-refractivity contribution in [3.05, 3.63) is 57.0 Å². The molecule has 2 heterocycles. The predicted octanol–water partition coefficient (Wildman–Crippen LogP) is 1.84. The van der Waals surface area contributed by atoms with Gasteiger partial charge in [-0.3, -0.25) is 14.9 Å². The molecule has 1 N–H and O–H groups in total. The minimum Gasteiger partial charge on any atom is -0.338 e. The topological polar surface area (TPSA) is 93.8 Å². The number of nitrogens with one attached hydrogen (secondary N) is 1. The minimum absolute atomic E-state index is 0.0310. The molecule has 0 unspecified atom stereocenters. The molecule has 0 radical (unpaired) electrons. The van der Waals surface area contributed by atoms with Crippen molar-refractivity contribution in [3.8, 4) is 11.4 Å². The van der Waals surface area contributed by atoms with Gasteiger partial charge in [-0.1, -0.05) is 0 Å². The standard InChI is InChI=1S/C13H10N4O3/c1-16-6-2-3-9(13(16)18)12-14-10-5-4-8(17(19)20)7-11(10)15-12/h2-7H,1H3,(H,14,15). The Bertz CT molecular complexity index is 879. The number of aryl methyl sites for hydroxylation is 1. The van der Waals surface area contributed by atoms with Crippen LogP contribution in [0.15, 0.2) is 41.3 Å². The number of aromatic nitrogens is 3. The second-order valence-corrected chi connectivity index (χ2v) is 4.38. The second kappa shape index (κ2) is 4.30. The number of fused-ring (bicyclic) bond motifs is 1. The highest BCUT2D eigenvalue weighted by molar-refractivity contribution is 5.81. The number of imidazole rings is 1. The molecule has 3 rings (SSSR count). The van der Waals surface area contributed by atoms with E-state index in [2.05, 4.69) is 9.97 Å². The van der Waals surface area contributed by atoms with Gasteiger partial charge in [0.05, 0.1) is 21.5 Å². The van der Waals surface area contributed by atoms with Gasteiger partial charge in [0.25, 0.3) is 11.2 Å². The molecular formula is C13H10N4O3. The third kappa shape index (κ3) is 1.85. The van der Waals surface area contributed by atoms with Gasteiger partial charge in [-0.25, -0.2) is 4.98 Å². The van der Waals surface area contributed by atoms with Crippen molar-refractivity contribution in [2.24, 2.45) is 7.05 Å². The molecule has 1 aromatic carbocycles. The van der Waals surface area contributed by atoms with Crippen LogP contribution in [0, 0.1) is 10.1 Å². The lowest BCUT2D eigenvalue weighted by Gasteiger charge is -1.99. The zero-order chi connectivity index (χ0) is 14.3. The fourth-order valence-electron chi connectivity index (χ4n) is 2.01. The molecule has 0 atom stereocenters. The Morgan fingerprint density at radius 3 is 2.90 bits per heavy atom. The van der Waals surface area contributed by atoms with E-state index in [0.29, 0.717) is 22.4 Å². The smallest absolute Gasteiger partial charge is 0.271 e. The summed E-state index contributed by atoms with van der Waals surface area (Å²) in [5, 5.41) is 10.7. The maximum Gasteiger partial charge on any atom is 0.271 e. The van der Waals surface area contributed by atoms with Crippen LogP contribution < -0.4 is 5.56 Å². The zero-order valence-electron chi connectivity index (χ0n) is 10.5. The number of nitro groups is 1. The number of benzene rings is 1. The van der Waals surface area contributed by atoms with Crippen LogP contribution in [0.25, 0.3) is 22.4 Å². The van der Waals surface area contributed by atoms with E-state index in [1.54, 1.807) is 31.4 Å². The number of H-pyrrole nitrogens is 1. The summed E-state index contributed by atoms with van der Waals surface area (Å²) in [6.07, 6.45) is 1.65. The Hall–Kier alpha value is -2.96. The summed E-state index contributed by atoms with van der Waals surface area (Å²) in [5.74, 6) is 0.404. The van der Waals surface area contributed by atoms with Crippen LogP contribution in [-0.4, -0.2) is 19.5 Å². The molecule has 7 heteroatoms. The number of aromatic amines is 1. The first kappa shape index (κ1) is 12.1. The molecule has 3 aromatic rings. The molecule has 0 aliphatic rings. The van der Waals surface area contributed by atoms with Gasteiger partial charge in [-0.15, -0.1) is 0 Å². The highest BCUT2D eigenvalue weighted by Gasteiger charge is 2.12. The second-order valence-electron chi connectivity index (χ2n) is 4.38. The average molecular weight is 270 g/mol. The molecule has 7 nitrogen and oxygen atoms in total. The van der Waals surface area contributed by atoms with E-state index < -0.39 is 4.92 Å². The Balaban J connectivity index is 2.20. The van der Waals surface area contributed by atoms with E-state index >= 15 is 0 Å². The first-order valence-corrected chi connectivity index (χ1v) is 5.86. The van der Waals surface area contributed by atoms with Crippen LogP contribution in [0.1, 0.15) is 0 Å². The molecule has 0 saturated heterocycles. The Morgan fingerprint density at radius 1 is 1.35 bits per heavy atom. The normalized spacial score (nSPS) is 10.8. The summed E-state index contributed by atoms with van der Waals surface area (Å²) in [7, 11) is 1.65. The zero-order valence-corrected chi connectivity index (χ0v) is 10.5. The van der Waals surface area contributed by atoms with Crippen molar-refractivity contribution in [2.75, 3.05) is 0 Å². The number of hydrogen-bond donors (Lipinski definition) is 1. The van der Waals surface area contributed by atoms with Crippen LogP contribution in [0.2, 0.25) is 0 Å². The lowest BCUT2D eigenvalue weighted by atomic mass is 10.2. The van der Waals surface area contributed by atoms with E-state index in [1.807, 2.05) is 0 Å². The summed E-state index contributed by atoms with van der Waals surface area (Å²) < 4.78 is 1.45. The van der Waals surface area contributed by atoms with Crippen molar-refractivity contribution < 1.29 is 4.92 Å². The maximum atomic E-state index is 12.0. The Morgan fingerprint density at radius 2 is 2.15 bits per heavy atom. The lowest BCUT2D eigenvalue weighted by molar-refractivity contribution is -0.384. The summed E-state index contributed by atoms with van der Waals surface area (Å²) in [5.41, 5.74) is 1.32. The molecule has 0 aliphatic heterocycles. The van der Waals surface area contributed by atoms with Crippen LogP contribution >= 0.6 is 0 Å². The van der Waals surface area contributed by atoms with Gasteiger partial charge in [0.1, 0.15) is 5.82 Å². The Kier molecular flexibility index (Phi) is 2.60. The van der Waals surface area contributed by atoms with Gasteiger partial charge in [0, 0.05) is 25.4 Å². The molecule has 0 fully saturated rings. The Labute approximate surface area is 112 Å². The van der Waals surface area contributed by atoms with Gasteiger partial charge < -0.3 is 9.55 Å². The molecule has 2 aromatic heterocycles. The van der Waals surface area contributed by atoms with Gasteiger partial charge >= 0.3 is 0 Å². The van der Waals surface area contributed by atoms with E-state index in [-0.39, 0.29) is 11.2 Å². The van der Waals surface area contributed by atoms with Crippen molar-refractivity contribution in [1.29, 1.82) is 0 Å². The van der Waals surface area contributed by atoms with Crippen LogP contribution in [-0.2, 0) is 7.05 Å². The summed E-state index contributed by atoms with van der Waals surface area (Å²) in [6, 6.07) is 7.76. The molecular weight excluding hydrogens is 260 g/mol. The van der Waals surface area contributed by atoms with E-state index in [1.165, 1.54) is 16.7 Å². The van der Waals surface area contributed by atoms with Gasteiger partial charge in [-0.05, 0) is 18.2 Å². The fraction of sp³-hybridized carbons (Fsp3) is 0.0769. The van der Waals surface area contributed by atoms with Crippen molar-refractivity contribution in [1.82, 2.24) is 14.5 Å². The highest BCUT2D eigenvalue weighted by atomic mass is 16.6. The highest BCUT2D eigenvalue weighted by Crippen LogP contribution is 2.22. The number of hydrogen-bond acceptors (Lipinski definition) is 4. The first-order chi connectivity index (χ1) is 9.56. The SMILES string of the molecule is Cn1cccc(-c2nc3cc([N+](=O)[O-])ccc3[nH]2)c1=O.